The number of nitrogens with zero attached hydrogens (tertiary/aromatic N) is 4. The van der Waals surface area contributed by atoms with Crippen molar-refractivity contribution in [1.29, 1.82) is 0 Å². The molecular weight excluding hydrogens is 1560 g/mol. The molecule has 0 saturated heterocycles. The maximum atomic E-state index is 12.3. The Morgan fingerprint density at radius 1 is 0.292 bits per heavy atom. The van der Waals surface area contributed by atoms with E-state index in [9.17, 15) is 14.4 Å². The molecule has 0 radical (unpaired) electrons. The third-order valence-corrected chi connectivity index (χ3v) is 17.8. The van der Waals surface area contributed by atoms with E-state index >= 15 is 0 Å². The lowest BCUT2D eigenvalue weighted by Gasteiger charge is -2.22. The molecule has 6 N–H and O–H groups in total. The van der Waals surface area contributed by atoms with Crippen LogP contribution in [0.25, 0.3) is 0 Å². The van der Waals surface area contributed by atoms with E-state index in [1.165, 1.54) is 44.8 Å². The molecule has 28 nitrogen and oxygen atoms in total. The zero-order valence-corrected chi connectivity index (χ0v) is 74.2. The molecule has 0 atom stereocenters. The van der Waals surface area contributed by atoms with Gasteiger partial charge in [0.1, 0.15) is 17.1 Å². The number of alkyl carbamates (subject to hydrolysis) is 1. The number of benzene rings is 6. The first kappa shape index (κ1) is 104. The fraction of sp³-hybridized carbons (Fsp3) is 0.571. The van der Waals surface area contributed by atoms with Gasteiger partial charge in [-0.1, -0.05) is 72.8 Å². The smallest absolute Gasteiger partial charge is 0.407 e. The summed E-state index contributed by atoms with van der Waals surface area (Å²) in [6, 6.07) is 51.5. The number of quaternary nitrogens is 1. The summed E-state index contributed by atoms with van der Waals surface area (Å²) in [7, 11) is 16.4. The van der Waals surface area contributed by atoms with E-state index < -0.39 is 11.7 Å². The molecule has 6 aromatic carbocycles. The molecule has 0 aliphatic heterocycles. The van der Waals surface area contributed by atoms with Crippen molar-refractivity contribution < 1.29 is 113 Å². The fourth-order valence-corrected chi connectivity index (χ4v) is 11.6. The Labute approximate surface area is 720 Å². The minimum atomic E-state index is -0.520. The third kappa shape index (κ3) is 48.6. The monoisotopic (exact) mass is 1700 g/mol. The summed E-state index contributed by atoms with van der Waals surface area (Å²) in [6.45, 7) is 21.9. The number of rotatable bonds is 67. The lowest BCUT2D eigenvalue weighted by molar-refractivity contribution is -0.374. The number of anilines is 4. The molecule has 0 aliphatic carbocycles. The van der Waals surface area contributed by atoms with Gasteiger partial charge in [0.2, 0.25) is 11.8 Å². The molecule has 0 bridgehead atoms. The highest BCUT2D eigenvalue weighted by atomic mass is 35.5. The van der Waals surface area contributed by atoms with Crippen LogP contribution in [0.4, 0.5) is 27.5 Å². The van der Waals surface area contributed by atoms with E-state index in [0.717, 1.165) is 29.4 Å². The van der Waals surface area contributed by atoms with Crippen LogP contribution < -0.4 is 63.2 Å². The summed E-state index contributed by atoms with van der Waals surface area (Å²) in [5.41, 5.74) is 15.1. The van der Waals surface area contributed by atoms with Crippen LogP contribution in [0, 0.1) is 0 Å². The van der Waals surface area contributed by atoms with Gasteiger partial charge >= 0.3 is 6.09 Å². The molecule has 0 spiro atoms. The Bertz CT molecular complexity index is 3410. The minimum Gasteiger partial charge on any atom is -1.00 e. The van der Waals surface area contributed by atoms with Crippen LogP contribution in [0.3, 0.4) is 0 Å². The highest BCUT2D eigenvalue weighted by molar-refractivity contribution is 5.76. The Balaban J connectivity index is 0.000000503. The summed E-state index contributed by atoms with van der Waals surface area (Å²) in [6.07, 6.45) is 1.54. The average Bonchev–Trinajstić information content (AvgIpc) is 0.808. The van der Waals surface area contributed by atoms with Crippen molar-refractivity contribution in [1.82, 2.24) is 16.0 Å². The molecule has 0 aromatic heterocycles. The van der Waals surface area contributed by atoms with Crippen LogP contribution in [-0.4, -0.2) is 304 Å². The first-order valence-corrected chi connectivity index (χ1v) is 41.7. The minimum absolute atomic E-state index is 0. The quantitative estimate of drug-likeness (QED) is 0.0232. The molecule has 0 saturated carbocycles. The lowest BCUT2D eigenvalue weighted by Crippen LogP contribution is -3.00. The standard InChI is InChI=1S/C48H74N4O11.C43H66N4O9.ClH/c1-48(2,3)63-47(54)50-23-26-56-28-30-58-32-34-60-36-38-61-37-35-59-33-31-57-29-27-55-25-22-49-45(53)9-8-24-62-44-20-14-41(15-21-44)46(39-10-16-42(17-11-39)51(4)5)40-12-18-43(19-13-40)52(6)7;1-46(2)39-13-7-36(8-14-39)43(37-9-15-40(16-10-37)47(3)4)38-11-17-41(18-12-38)56-21-5-6-42(48)45-20-23-50-25-27-52-29-31-54-33-35-55-34-32-53-30-28-51-26-24-49-22-19-44;/h10-21,46H,8-9,22-38H2,1-7H3,(H,49,53)(H,50,54);7-18,43H,5-6,19-35,44H2,1-4H3,(H,45,48);1H. The number of carbonyl (C=O) groups excluding carboxylic acids is 3. The van der Waals surface area contributed by atoms with E-state index in [1.54, 1.807) is 0 Å². The van der Waals surface area contributed by atoms with Crippen LogP contribution >= 0.6 is 0 Å². The SMILES string of the molecule is CN(C)c1ccc(C(c2ccc(OCCCC(=O)NCCOCCOCCOCCOCCOCCOCCOCCNC(=O)OC(C)(C)C)cc2)c2ccc(N(C)C)cc2)cc1.CN(C)c1ccc(C(c2ccc(OCCCC(=O)NCCOCCOCCOCCOCCOCCOCCOCC[NH3+])cc2)c2ccc(N(C)C)cc2)cc1.[Cl-]. The van der Waals surface area contributed by atoms with Crippen LogP contribution in [0.1, 0.15) is 91.7 Å². The third-order valence-electron chi connectivity index (χ3n) is 17.8. The zero-order valence-electron chi connectivity index (χ0n) is 73.4. The summed E-state index contributed by atoms with van der Waals surface area (Å²) in [5.74, 6) is 1.68. The van der Waals surface area contributed by atoms with Crippen molar-refractivity contribution in [3.8, 4) is 11.5 Å². The topological polar surface area (TPSA) is 285 Å². The lowest BCUT2D eigenvalue weighted by atomic mass is 9.85. The normalized spacial score (nSPS) is 11.2. The second-order valence-corrected chi connectivity index (χ2v) is 29.4. The summed E-state index contributed by atoms with van der Waals surface area (Å²) < 4.78 is 93.8. The van der Waals surface area contributed by atoms with Crippen LogP contribution in [0.5, 0.6) is 11.5 Å². The van der Waals surface area contributed by atoms with Crippen LogP contribution in [0.15, 0.2) is 146 Å². The van der Waals surface area contributed by atoms with Gasteiger partial charge < -0.3 is 134 Å². The van der Waals surface area contributed by atoms with E-state index in [0.29, 0.717) is 244 Å². The molecule has 0 aliphatic rings. The van der Waals surface area contributed by atoms with E-state index in [4.69, 9.17) is 80.5 Å². The van der Waals surface area contributed by atoms with Crippen molar-refractivity contribution in [3.63, 3.8) is 0 Å². The first-order valence-electron chi connectivity index (χ1n) is 41.7. The van der Waals surface area contributed by atoms with Gasteiger partial charge in [0.25, 0.3) is 0 Å². The molecule has 3 amide bonds. The molecule has 672 valence electrons. The number of ether oxygens (including phenoxy) is 17. The van der Waals surface area contributed by atoms with Gasteiger partial charge in [0, 0.05) is 123 Å². The van der Waals surface area contributed by atoms with Crippen molar-refractivity contribution in [2.24, 2.45) is 0 Å². The summed E-state index contributed by atoms with van der Waals surface area (Å²) >= 11 is 0. The number of nitrogens with one attached hydrogen (secondary N) is 3. The summed E-state index contributed by atoms with van der Waals surface area (Å²) in [4.78, 5) is 44.6. The van der Waals surface area contributed by atoms with E-state index in [1.807, 2.05) is 73.2 Å². The highest BCUT2D eigenvalue weighted by Gasteiger charge is 2.21. The molecular formula is C91H141ClN8O20. The number of halogens is 1. The molecule has 0 fully saturated rings. The summed E-state index contributed by atoms with van der Waals surface area (Å²) in [5, 5.41) is 8.43. The van der Waals surface area contributed by atoms with Crippen molar-refractivity contribution in [3.05, 3.63) is 179 Å². The Morgan fingerprint density at radius 3 is 0.700 bits per heavy atom. The predicted molar refractivity (Wildman–Crippen MR) is 467 cm³/mol. The van der Waals surface area contributed by atoms with Gasteiger partial charge in [0.15, 0.2) is 0 Å². The van der Waals surface area contributed by atoms with Crippen molar-refractivity contribution in [2.45, 2.75) is 63.9 Å². The van der Waals surface area contributed by atoms with Crippen LogP contribution in [0.2, 0.25) is 0 Å². The van der Waals surface area contributed by atoms with Gasteiger partial charge in [-0.05, 0) is 140 Å². The van der Waals surface area contributed by atoms with Crippen molar-refractivity contribution >= 4 is 40.7 Å². The van der Waals surface area contributed by atoms with Gasteiger partial charge in [0.05, 0.1) is 205 Å². The maximum Gasteiger partial charge on any atom is 0.407 e. The predicted octanol–water partition coefficient (Wildman–Crippen LogP) is 6.55. The maximum absolute atomic E-state index is 12.3. The molecule has 0 heterocycles. The van der Waals surface area contributed by atoms with Gasteiger partial charge in [-0.25, -0.2) is 4.79 Å². The number of carbonyl (C=O) groups is 3. The Hall–Kier alpha value is -7.98. The fourth-order valence-electron chi connectivity index (χ4n) is 11.6. The van der Waals surface area contributed by atoms with Crippen molar-refractivity contribution in [2.75, 3.05) is 300 Å². The van der Waals surface area contributed by atoms with Gasteiger partial charge in [-0.2, -0.15) is 0 Å². The molecule has 120 heavy (non-hydrogen) atoms. The van der Waals surface area contributed by atoms with E-state index in [-0.39, 0.29) is 36.1 Å². The molecule has 6 aromatic rings. The zero-order chi connectivity index (χ0) is 85.6. The molecule has 29 heteroatoms. The average molecular weight is 1700 g/mol. The van der Waals surface area contributed by atoms with Gasteiger partial charge in [-0.3, -0.25) is 9.59 Å². The highest BCUT2D eigenvalue weighted by Crippen LogP contribution is 2.37. The molecule has 6 rings (SSSR count). The largest absolute Gasteiger partial charge is 1.00 e. The van der Waals surface area contributed by atoms with Crippen LogP contribution in [-0.2, 0) is 80.6 Å². The second kappa shape index (κ2) is 65.7. The first-order chi connectivity index (χ1) is 57.8. The number of hydrogen-bond acceptors (Lipinski definition) is 24. The van der Waals surface area contributed by atoms with Gasteiger partial charge in [-0.15, -0.1) is 0 Å². The Kier molecular flexibility index (Phi) is 57.1. The van der Waals surface area contributed by atoms with E-state index in [2.05, 4.69) is 191 Å². The molecule has 0 unspecified atom stereocenters. The number of hydrogen-bond donors (Lipinski definition) is 4. The number of amides is 3. The second-order valence-electron chi connectivity index (χ2n) is 29.4. The Morgan fingerprint density at radius 2 is 0.492 bits per heavy atom.